The van der Waals surface area contributed by atoms with Gasteiger partial charge in [-0.05, 0) is 61.4 Å². The molecule has 7 heteroatoms. The maximum absolute atomic E-state index is 12.3. The lowest BCUT2D eigenvalue weighted by Gasteiger charge is -2.27. The van der Waals surface area contributed by atoms with E-state index in [1.54, 1.807) is 24.3 Å². The third kappa shape index (κ3) is 4.44. The summed E-state index contributed by atoms with van der Waals surface area (Å²) in [6, 6.07) is 9.66. The van der Waals surface area contributed by atoms with Crippen LogP contribution in [0.3, 0.4) is 0 Å². The molecule has 3 N–H and O–H groups in total. The number of ether oxygens (including phenoxy) is 1. The molecular formula is C20H21N3O4. The highest BCUT2D eigenvalue weighted by atomic mass is 16.5. The zero-order valence-corrected chi connectivity index (χ0v) is 15.4. The summed E-state index contributed by atoms with van der Waals surface area (Å²) in [6.45, 7) is 5.29. The highest BCUT2D eigenvalue weighted by Crippen LogP contribution is 2.30. The van der Waals surface area contributed by atoms with Crippen LogP contribution in [0.4, 0.5) is 17.1 Å². The van der Waals surface area contributed by atoms with Crippen LogP contribution in [0.5, 0.6) is 5.75 Å². The maximum atomic E-state index is 12.3. The van der Waals surface area contributed by atoms with Gasteiger partial charge in [0.25, 0.3) is 0 Å². The molecule has 1 unspecified atom stereocenters. The first-order valence-electron chi connectivity index (χ1n) is 8.59. The van der Waals surface area contributed by atoms with Gasteiger partial charge in [0.2, 0.25) is 11.8 Å². The van der Waals surface area contributed by atoms with Crippen LogP contribution in [0, 0.1) is 13.8 Å². The van der Waals surface area contributed by atoms with Gasteiger partial charge in [-0.15, -0.1) is 0 Å². The normalized spacial score (nSPS) is 15.2. The van der Waals surface area contributed by atoms with Crippen molar-refractivity contribution in [3.8, 4) is 5.75 Å². The van der Waals surface area contributed by atoms with Crippen molar-refractivity contribution < 1.29 is 19.1 Å². The molecule has 1 aliphatic heterocycles. The number of benzene rings is 2. The summed E-state index contributed by atoms with van der Waals surface area (Å²) in [5.41, 5.74) is 4.28. The standard InChI is InChI=1S/C20H21N3O4/c1-11-8-16-17(9-12(11)2)23-20(26)18(22-16)10-19(25)21-14-4-6-15(7-5-14)27-13(3)24/h4-9,18,22H,10H2,1-3H3,(H,21,25)(H,23,26). The third-order valence-electron chi connectivity index (χ3n) is 4.33. The number of amides is 2. The molecule has 0 saturated carbocycles. The molecule has 3 rings (SSSR count). The highest BCUT2D eigenvalue weighted by molar-refractivity contribution is 6.06. The van der Waals surface area contributed by atoms with Crippen molar-refractivity contribution in [3.63, 3.8) is 0 Å². The number of esters is 1. The lowest BCUT2D eigenvalue weighted by atomic mass is 10.0. The Labute approximate surface area is 157 Å². The Morgan fingerprint density at radius 3 is 2.33 bits per heavy atom. The van der Waals surface area contributed by atoms with Crippen LogP contribution in [0.15, 0.2) is 36.4 Å². The van der Waals surface area contributed by atoms with Crippen LogP contribution in [0.2, 0.25) is 0 Å². The van der Waals surface area contributed by atoms with Gasteiger partial charge in [-0.3, -0.25) is 14.4 Å². The molecule has 2 amide bonds. The molecule has 1 aliphatic rings. The number of hydrogen-bond donors (Lipinski definition) is 3. The van der Waals surface area contributed by atoms with Crippen molar-refractivity contribution in [2.24, 2.45) is 0 Å². The van der Waals surface area contributed by atoms with Crippen molar-refractivity contribution in [3.05, 3.63) is 47.5 Å². The number of anilines is 3. The first-order chi connectivity index (χ1) is 12.8. The van der Waals surface area contributed by atoms with Crippen molar-refractivity contribution in [2.75, 3.05) is 16.0 Å². The minimum Gasteiger partial charge on any atom is -0.427 e. The SMILES string of the molecule is CC(=O)Oc1ccc(NC(=O)CC2Nc3cc(C)c(C)cc3NC2=O)cc1. The molecule has 27 heavy (non-hydrogen) atoms. The van der Waals surface area contributed by atoms with Gasteiger partial charge in [0, 0.05) is 12.6 Å². The quantitative estimate of drug-likeness (QED) is 0.570. The zero-order valence-electron chi connectivity index (χ0n) is 15.4. The van der Waals surface area contributed by atoms with Gasteiger partial charge in [0.15, 0.2) is 0 Å². The molecular weight excluding hydrogens is 346 g/mol. The monoisotopic (exact) mass is 367 g/mol. The van der Waals surface area contributed by atoms with Crippen molar-refractivity contribution >= 4 is 34.8 Å². The van der Waals surface area contributed by atoms with Crippen LogP contribution in [-0.4, -0.2) is 23.8 Å². The van der Waals surface area contributed by atoms with E-state index >= 15 is 0 Å². The molecule has 140 valence electrons. The smallest absolute Gasteiger partial charge is 0.308 e. The van der Waals surface area contributed by atoms with E-state index in [9.17, 15) is 14.4 Å². The van der Waals surface area contributed by atoms with Gasteiger partial charge in [-0.25, -0.2) is 0 Å². The summed E-state index contributed by atoms with van der Waals surface area (Å²) >= 11 is 0. The fraction of sp³-hybridized carbons (Fsp3) is 0.250. The van der Waals surface area contributed by atoms with E-state index in [0.717, 1.165) is 22.5 Å². The molecule has 0 aliphatic carbocycles. The number of fused-ring (bicyclic) bond motifs is 1. The second-order valence-electron chi connectivity index (χ2n) is 6.54. The summed E-state index contributed by atoms with van der Waals surface area (Å²) in [5, 5.41) is 8.71. The Bertz CT molecular complexity index is 906. The summed E-state index contributed by atoms with van der Waals surface area (Å²) in [5.74, 6) is -0.552. The molecule has 0 saturated heterocycles. The van der Waals surface area contributed by atoms with Crippen LogP contribution in [-0.2, 0) is 14.4 Å². The van der Waals surface area contributed by atoms with E-state index in [0.29, 0.717) is 11.4 Å². The van der Waals surface area contributed by atoms with Gasteiger partial charge in [-0.2, -0.15) is 0 Å². The Morgan fingerprint density at radius 1 is 1.07 bits per heavy atom. The van der Waals surface area contributed by atoms with Crippen LogP contribution >= 0.6 is 0 Å². The van der Waals surface area contributed by atoms with Crippen molar-refractivity contribution in [2.45, 2.75) is 33.2 Å². The molecule has 0 aromatic heterocycles. The first-order valence-corrected chi connectivity index (χ1v) is 8.59. The van der Waals surface area contributed by atoms with Gasteiger partial charge < -0.3 is 20.7 Å². The average Bonchev–Trinajstić information content (AvgIpc) is 2.59. The van der Waals surface area contributed by atoms with E-state index in [4.69, 9.17) is 4.74 Å². The number of carbonyl (C=O) groups is 3. The Hall–Kier alpha value is -3.35. The molecule has 2 aromatic rings. The van der Waals surface area contributed by atoms with Gasteiger partial charge >= 0.3 is 5.97 Å². The third-order valence-corrected chi connectivity index (χ3v) is 4.33. The lowest BCUT2D eigenvalue weighted by Crippen LogP contribution is -2.41. The van der Waals surface area contributed by atoms with Crippen molar-refractivity contribution in [1.82, 2.24) is 0 Å². The Balaban J connectivity index is 1.63. The summed E-state index contributed by atoms with van der Waals surface area (Å²) < 4.78 is 4.95. The zero-order chi connectivity index (χ0) is 19.6. The molecule has 0 bridgehead atoms. The second kappa shape index (κ2) is 7.49. The van der Waals surface area contributed by atoms with Crippen LogP contribution in [0.25, 0.3) is 0 Å². The highest BCUT2D eigenvalue weighted by Gasteiger charge is 2.28. The van der Waals surface area contributed by atoms with Crippen LogP contribution < -0.4 is 20.7 Å². The number of nitrogens with one attached hydrogen (secondary N) is 3. The second-order valence-corrected chi connectivity index (χ2v) is 6.54. The van der Waals surface area contributed by atoms with Gasteiger partial charge in [-0.1, -0.05) is 0 Å². The average molecular weight is 367 g/mol. The Kier molecular flexibility index (Phi) is 5.12. The van der Waals surface area contributed by atoms with E-state index in [2.05, 4.69) is 16.0 Å². The fourth-order valence-electron chi connectivity index (χ4n) is 2.83. The van der Waals surface area contributed by atoms with Crippen molar-refractivity contribution in [1.29, 1.82) is 0 Å². The first kappa shape index (κ1) is 18.4. The van der Waals surface area contributed by atoms with Gasteiger partial charge in [0.1, 0.15) is 11.8 Å². The van der Waals surface area contributed by atoms with Gasteiger partial charge in [0.05, 0.1) is 17.8 Å². The number of rotatable bonds is 4. The number of carbonyl (C=O) groups excluding carboxylic acids is 3. The minimum absolute atomic E-state index is 0.0100. The van der Waals surface area contributed by atoms with Crippen LogP contribution in [0.1, 0.15) is 24.5 Å². The molecule has 0 radical (unpaired) electrons. The maximum Gasteiger partial charge on any atom is 0.308 e. The molecule has 2 aromatic carbocycles. The van der Waals surface area contributed by atoms with E-state index in [1.165, 1.54) is 6.92 Å². The molecule has 0 fully saturated rings. The molecule has 7 nitrogen and oxygen atoms in total. The number of aryl methyl sites for hydroxylation is 2. The molecule has 1 atom stereocenters. The molecule has 0 spiro atoms. The molecule has 1 heterocycles. The Morgan fingerprint density at radius 2 is 1.70 bits per heavy atom. The number of hydrogen-bond acceptors (Lipinski definition) is 5. The summed E-state index contributed by atoms with van der Waals surface area (Å²) in [6.07, 6.45) is -0.0100. The predicted octanol–water partition coefficient (Wildman–Crippen LogP) is 2.99. The summed E-state index contributed by atoms with van der Waals surface area (Å²) in [7, 11) is 0. The van der Waals surface area contributed by atoms with E-state index < -0.39 is 12.0 Å². The minimum atomic E-state index is -0.653. The fourth-order valence-corrected chi connectivity index (χ4v) is 2.83. The predicted molar refractivity (Wildman–Crippen MR) is 103 cm³/mol. The summed E-state index contributed by atoms with van der Waals surface area (Å²) in [4.78, 5) is 35.5. The lowest BCUT2D eigenvalue weighted by molar-refractivity contribution is -0.131. The van der Waals surface area contributed by atoms with E-state index in [-0.39, 0.29) is 18.2 Å². The largest absolute Gasteiger partial charge is 0.427 e. The van der Waals surface area contributed by atoms with E-state index in [1.807, 2.05) is 26.0 Å². The topological polar surface area (TPSA) is 96.5 Å².